The van der Waals surface area contributed by atoms with Crippen LogP contribution >= 0.6 is 0 Å². The average molecular weight is 312 g/mol. The SMILES string of the molecule is O=S(=O)(Nc1ccc2[nH]ccc2c1)c1ccc2c(c1)CCC2. The molecule has 22 heavy (non-hydrogen) atoms. The average Bonchev–Trinajstić information content (AvgIpc) is 3.14. The molecule has 0 fully saturated rings. The first-order valence-electron chi connectivity index (χ1n) is 7.34. The highest BCUT2D eigenvalue weighted by Gasteiger charge is 2.18. The van der Waals surface area contributed by atoms with Crippen LogP contribution in [0.1, 0.15) is 17.5 Å². The van der Waals surface area contributed by atoms with Crippen LogP contribution in [0.5, 0.6) is 0 Å². The maximum Gasteiger partial charge on any atom is 0.261 e. The van der Waals surface area contributed by atoms with E-state index in [1.165, 1.54) is 5.56 Å². The molecule has 0 bridgehead atoms. The maximum atomic E-state index is 12.6. The van der Waals surface area contributed by atoms with Gasteiger partial charge in [0.25, 0.3) is 10.0 Å². The van der Waals surface area contributed by atoms with Gasteiger partial charge in [-0.25, -0.2) is 8.42 Å². The van der Waals surface area contributed by atoms with Crippen molar-refractivity contribution in [2.45, 2.75) is 24.2 Å². The predicted molar refractivity (Wildman–Crippen MR) is 87.6 cm³/mol. The number of anilines is 1. The normalized spacial score (nSPS) is 14.2. The Balaban J connectivity index is 1.68. The Bertz CT molecular complexity index is 958. The Labute approximate surface area is 129 Å². The molecule has 2 aromatic carbocycles. The molecule has 112 valence electrons. The van der Waals surface area contributed by atoms with Crippen molar-refractivity contribution < 1.29 is 8.42 Å². The maximum absolute atomic E-state index is 12.6. The zero-order chi connectivity index (χ0) is 15.2. The fourth-order valence-corrected chi connectivity index (χ4v) is 4.15. The summed E-state index contributed by atoms with van der Waals surface area (Å²) in [5.41, 5.74) is 3.99. The number of fused-ring (bicyclic) bond motifs is 2. The van der Waals surface area contributed by atoms with Crippen LogP contribution in [0.2, 0.25) is 0 Å². The first kappa shape index (κ1) is 13.4. The van der Waals surface area contributed by atoms with E-state index in [0.29, 0.717) is 10.6 Å². The van der Waals surface area contributed by atoms with Crippen molar-refractivity contribution in [1.29, 1.82) is 0 Å². The zero-order valence-electron chi connectivity index (χ0n) is 12.0. The first-order valence-corrected chi connectivity index (χ1v) is 8.82. The van der Waals surface area contributed by atoms with Crippen LogP contribution < -0.4 is 4.72 Å². The van der Waals surface area contributed by atoms with Crippen molar-refractivity contribution >= 4 is 26.6 Å². The van der Waals surface area contributed by atoms with Crippen LogP contribution in [0, 0.1) is 0 Å². The van der Waals surface area contributed by atoms with Crippen LogP contribution in [-0.4, -0.2) is 13.4 Å². The van der Waals surface area contributed by atoms with Crippen molar-refractivity contribution in [3.05, 3.63) is 59.8 Å². The van der Waals surface area contributed by atoms with Crippen molar-refractivity contribution in [3.63, 3.8) is 0 Å². The van der Waals surface area contributed by atoms with Gasteiger partial charge >= 0.3 is 0 Å². The molecule has 0 saturated carbocycles. The summed E-state index contributed by atoms with van der Waals surface area (Å²) < 4.78 is 27.8. The summed E-state index contributed by atoms with van der Waals surface area (Å²) in [6.45, 7) is 0. The monoisotopic (exact) mass is 312 g/mol. The van der Waals surface area contributed by atoms with Gasteiger partial charge < -0.3 is 4.98 Å². The summed E-state index contributed by atoms with van der Waals surface area (Å²) in [5.74, 6) is 0. The zero-order valence-corrected chi connectivity index (χ0v) is 12.8. The van der Waals surface area contributed by atoms with Crippen molar-refractivity contribution in [2.24, 2.45) is 0 Å². The van der Waals surface area contributed by atoms with Gasteiger partial charge in [-0.2, -0.15) is 0 Å². The second kappa shape index (κ2) is 4.88. The van der Waals surface area contributed by atoms with Crippen molar-refractivity contribution in [1.82, 2.24) is 4.98 Å². The molecule has 0 unspecified atom stereocenters. The Morgan fingerprint density at radius 3 is 2.73 bits per heavy atom. The quantitative estimate of drug-likeness (QED) is 0.778. The van der Waals surface area contributed by atoms with Gasteiger partial charge in [-0.15, -0.1) is 0 Å². The van der Waals surface area contributed by atoms with Gasteiger partial charge in [0.15, 0.2) is 0 Å². The van der Waals surface area contributed by atoms with Gasteiger partial charge in [-0.1, -0.05) is 6.07 Å². The van der Waals surface area contributed by atoms with E-state index in [-0.39, 0.29) is 0 Å². The minimum Gasteiger partial charge on any atom is -0.361 e. The summed E-state index contributed by atoms with van der Waals surface area (Å²) in [5, 5.41) is 0.981. The fraction of sp³-hybridized carbons (Fsp3) is 0.176. The minimum atomic E-state index is -3.55. The smallest absolute Gasteiger partial charge is 0.261 e. The molecule has 5 heteroatoms. The third kappa shape index (κ3) is 2.27. The molecule has 0 atom stereocenters. The van der Waals surface area contributed by atoms with Crippen LogP contribution in [-0.2, 0) is 22.9 Å². The number of aromatic amines is 1. The van der Waals surface area contributed by atoms with Gasteiger partial charge in [0.1, 0.15) is 0 Å². The molecular weight excluding hydrogens is 296 g/mol. The summed E-state index contributed by atoms with van der Waals surface area (Å²) in [4.78, 5) is 3.43. The minimum absolute atomic E-state index is 0.335. The molecule has 2 N–H and O–H groups in total. The molecule has 4 rings (SSSR count). The fourth-order valence-electron chi connectivity index (χ4n) is 3.05. The second-order valence-corrected chi connectivity index (χ2v) is 7.35. The number of hydrogen-bond donors (Lipinski definition) is 2. The van der Waals surface area contributed by atoms with E-state index in [9.17, 15) is 8.42 Å². The van der Waals surface area contributed by atoms with Gasteiger partial charge in [-0.3, -0.25) is 4.72 Å². The summed E-state index contributed by atoms with van der Waals surface area (Å²) >= 11 is 0. The van der Waals surface area contributed by atoms with E-state index in [1.54, 1.807) is 18.2 Å². The molecule has 0 amide bonds. The lowest BCUT2D eigenvalue weighted by molar-refractivity contribution is 0.601. The molecule has 0 radical (unpaired) electrons. The highest BCUT2D eigenvalue weighted by atomic mass is 32.2. The number of rotatable bonds is 3. The summed E-state index contributed by atoms with van der Waals surface area (Å²) in [6.07, 6.45) is 4.96. The molecule has 1 aliphatic rings. The van der Waals surface area contributed by atoms with Gasteiger partial charge in [0.2, 0.25) is 0 Å². The standard InChI is InChI=1S/C17H16N2O2S/c20-22(21,16-6-4-12-2-1-3-13(12)11-16)19-15-5-7-17-14(10-15)8-9-18-17/h4-11,18-19H,1-3H2. The molecule has 1 heterocycles. The number of aryl methyl sites for hydroxylation is 2. The third-order valence-electron chi connectivity index (χ3n) is 4.19. The van der Waals surface area contributed by atoms with E-state index in [4.69, 9.17) is 0 Å². The highest BCUT2D eigenvalue weighted by Crippen LogP contribution is 2.26. The van der Waals surface area contributed by atoms with E-state index < -0.39 is 10.0 Å². The lowest BCUT2D eigenvalue weighted by Crippen LogP contribution is -2.13. The number of hydrogen-bond acceptors (Lipinski definition) is 2. The molecule has 0 spiro atoms. The van der Waals surface area contributed by atoms with Crippen LogP contribution in [0.15, 0.2) is 53.6 Å². The van der Waals surface area contributed by atoms with Crippen molar-refractivity contribution in [2.75, 3.05) is 4.72 Å². The van der Waals surface area contributed by atoms with Gasteiger partial charge in [0.05, 0.1) is 4.90 Å². The molecule has 0 saturated heterocycles. The van der Waals surface area contributed by atoms with Crippen LogP contribution in [0.3, 0.4) is 0 Å². The number of aromatic nitrogens is 1. The van der Waals surface area contributed by atoms with Crippen molar-refractivity contribution in [3.8, 4) is 0 Å². The Kier molecular flexibility index (Phi) is 2.97. The summed E-state index contributed by atoms with van der Waals surface area (Å²) in [7, 11) is -3.55. The predicted octanol–water partition coefficient (Wildman–Crippen LogP) is 3.46. The Morgan fingerprint density at radius 1 is 0.955 bits per heavy atom. The van der Waals surface area contributed by atoms with Crippen LogP contribution in [0.25, 0.3) is 10.9 Å². The molecule has 1 aromatic heterocycles. The largest absolute Gasteiger partial charge is 0.361 e. The topological polar surface area (TPSA) is 62.0 Å². The Hall–Kier alpha value is -2.27. The van der Waals surface area contributed by atoms with Gasteiger partial charge in [0, 0.05) is 22.8 Å². The van der Waals surface area contributed by atoms with E-state index in [2.05, 4.69) is 9.71 Å². The first-order chi connectivity index (χ1) is 10.6. The molecule has 3 aromatic rings. The number of nitrogens with one attached hydrogen (secondary N) is 2. The van der Waals surface area contributed by atoms with E-state index >= 15 is 0 Å². The summed E-state index contributed by atoms with van der Waals surface area (Å²) in [6, 6.07) is 12.8. The highest BCUT2D eigenvalue weighted by molar-refractivity contribution is 7.92. The second-order valence-electron chi connectivity index (χ2n) is 5.67. The number of H-pyrrole nitrogens is 1. The molecule has 1 aliphatic carbocycles. The molecule has 0 aliphatic heterocycles. The number of benzene rings is 2. The van der Waals surface area contributed by atoms with E-state index in [0.717, 1.165) is 35.7 Å². The lowest BCUT2D eigenvalue weighted by Gasteiger charge is -2.10. The number of sulfonamides is 1. The third-order valence-corrected chi connectivity index (χ3v) is 5.56. The van der Waals surface area contributed by atoms with Crippen LogP contribution in [0.4, 0.5) is 5.69 Å². The lowest BCUT2D eigenvalue weighted by atomic mass is 10.1. The Morgan fingerprint density at radius 2 is 1.82 bits per heavy atom. The van der Waals surface area contributed by atoms with Gasteiger partial charge in [-0.05, 0) is 66.8 Å². The molecular formula is C17H16N2O2S. The molecule has 4 nitrogen and oxygen atoms in total. The van der Waals surface area contributed by atoms with E-state index in [1.807, 2.05) is 30.5 Å².